The van der Waals surface area contributed by atoms with Crippen LogP contribution in [0, 0.1) is 10.1 Å². The quantitative estimate of drug-likeness (QED) is 0.453. The van der Waals surface area contributed by atoms with Gasteiger partial charge in [-0.05, 0) is 23.8 Å². The lowest BCUT2D eigenvalue weighted by Crippen LogP contribution is -2.25. The van der Waals surface area contributed by atoms with E-state index >= 15 is 0 Å². The van der Waals surface area contributed by atoms with Crippen molar-refractivity contribution in [2.75, 3.05) is 20.7 Å². The van der Waals surface area contributed by atoms with E-state index in [0.29, 0.717) is 5.03 Å². The van der Waals surface area contributed by atoms with E-state index in [1.165, 1.54) is 44.8 Å². The molecule has 0 bridgehead atoms. The molecule has 0 saturated heterocycles. The first-order valence-electron chi connectivity index (χ1n) is 5.68. The van der Waals surface area contributed by atoms with Gasteiger partial charge in [0.05, 0.1) is 4.92 Å². The molecule has 1 amide bonds. The molecule has 0 aliphatic rings. The van der Waals surface area contributed by atoms with Gasteiger partial charge in [-0.1, -0.05) is 10.8 Å². The van der Waals surface area contributed by atoms with Crippen molar-refractivity contribution in [1.82, 2.24) is 9.88 Å². The van der Waals surface area contributed by atoms with E-state index in [1.54, 1.807) is 14.1 Å². The standard InChI is InChI=1S/C11H15N3O4S2/c1-8(7-18-11(15)13(2)3)19-20-10-9(14(16)17)5-4-6-12-10/h4-6,8H,7H2,1-3H3/t8-/m1/s1. The smallest absolute Gasteiger partial charge is 0.409 e. The predicted molar refractivity (Wildman–Crippen MR) is 78.8 cm³/mol. The van der Waals surface area contributed by atoms with Crippen molar-refractivity contribution in [3.8, 4) is 0 Å². The highest BCUT2D eigenvalue weighted by Crippen LogP contribution is 2.37. The average Bonchev–Trinajstić information content (AvgIpc) is 2.42. The number of amides is 1. The van der Waals surface area contributed by atoms with E-state index in [9.17, 15) is 14.9 Å². The molecule has 0 aromatic carbocycles. The van der Waals surface area contributed by atoms with Gasteiger partial charge in [0.1, 0.15) is 6.61 Å². The van der Waals surface area contributed by atoms with Crippen molar-refractivity contribution in [3.63, 3.8) is 0 Å². The van der Waals surface area contributed by atoms with E-state index in [0.717, 1.165) is 0 Å². The van der Waals surface area contributed by atoms with Gasteiger partial charge < -0.3 is 9.64 Å². The first-order valence-corrected chi connectivity index (χ1v) is 7.90. The largest absolute Gasteiger partial charge is 0.448 e. The first-order chi connectivity index (χ1) is 9.41. The van der Waals surface area contributed by atoms with Crippen molar-refractivity contribution in [2.24, 2.45) is 0 Å². The van der Waals surface area contributed by atoms with E-state index in [1.807, 2.05) is 6.92 Å². The van der Waals surface area contributed by atoms with Crippen LogP contribution in [0.25, 0.3) is 0 Å². The number of hydrogen-bond donors (Lipinski definition) is 0. The van der Waals surface area contributed by atoms with Crippen LogP contribution in [0.2, 0.25) is 0 Å². The third-order valence-corrected chi connectivity index (χ3v) is 4.83. The van der Waals surface area contributed by atoms with Crippen molar-refractivity contribution < 1.29 is 14.5 Å². The van der Waals surface area contributed by atoms with Gasteiger partial charge >= 0.3 is 11.8 Å². The molecule has 0 radical (unpaired) electrons. The molecule has 0 saturated carbocycles. The molecule has 110 valence electrons. The second kappa shape index (κ2) is 7.95. The van der Waals surface area contributed by atoms with E-state index in [2.05, 4.69) is 4.98 Å². The van der Waals surface area contributed by atoms with Crippen molar-refractivity contribution in [2.45, 2.75) is 17.2 Å². The van der Waals surface area contributed by atoms with Crippen LogP contribution in [-0.2, 0) is 4.74 Å². The van der Waals surface area contributed by atoms with Gasteiger partial charge in [0, 0.05) is 31.6 Å². The second-order valence-electron chi connectivity index (χ2n) is 4.05. The fourth-order valence-corrected chi connectivity index (χ4v) is 3.09. The molecule has 1 atom stereocenters. The third kappa shape index (κ3) is 5.25. The fourth-order valence-electron chi connectivity index (χ4n) is 1.06. The lowest BCUT2D eigenvalue weighted by Gasteiger charge is -2.14. The SMILES string of the molecule is C[C@H](COC(=O)N(C)C)SSc1ncccc1[N+](=O)[O-]. The number of pyridine rings is 1. The van der Waals surface area contributed by atoms with Crippen LogP contribution in [-0.4, -0.2) is 46.9 Å². The first kappa shape index (κ1) is 16.6. The fraction of sp³-hybridized carbons (Fsp3) is 0.455. The molecular weight excluding hydrogens is 302 g/mol. The highest BCUT2D eigenvalue weighted by molar-refractivity contribution is 8.76. The summed E-state index contributed by atoms with van der Waals surface area (Å²) in [5.74, 6) is 0. The monoisotopic (exact) mass is 317 g/mol. The number of aromatic nitrogens is 1. The zero-order chi connectivity index (χ0) is 15.1. The molecule has 7 nitrogen and oxygen atoms in total. The Morgan fingerprint density at radius 3 is 2.90 bits per heavy atom. The molecule has 9 heteroatoms. The van der Waals surface area contributed by atoms with Crippen LogP contribution in [0.15, 0.2) is 23.4 Å². The topological polar surface area (TPSA) is 85.6 Å². The minimum atomic E-state index is -0.466. The number of carbonyl (C=O) groups excluding carboxylic acids is 1. The number of nitro groups is 1. The van der Waals surface area contributed by atoms with Crippen molar-refractivity contribution >= 4 is 33.4 Å². The lowest BCUT2D eigenvalue weighted by atomic mass is 10.4. The normalized spacial score (nSPS) is 11.8. The highest BCUT2D eigenvalue weighted by Gasteiger charge is 2.17. The third-order valence-electron chi connectivity index (χ3n) is 2.05. The Balaban J connectivity index is 2.47. The summed E-state index contributed by atoms with van der Waals surface area (Å²) in [6, 6.07) is 2.93. The molecule has 0 N–H and O–H groups in total. The zero-order valence-corrected chi connectivity index (χ0v) is 12.9. The average molecular weight is 317 g/mol. The summed E-state index contributed by atoms with van der Waals surface area (Å²) in [5, 5.41) is 11.2. The molecule has 0 fully saturated rings. The Morgan fingerprint density at radius 2 is 2.30 bits per heavy atom. The Hall–Kier alpha value is -1.48. The van der Waals surface area contributed by atoms with Crippen molar-refractivity contribution in [1.29, 1.82) is 0 Å². The van der Waals surface area contributed by atoms with E-state index in [4.69, 9.17) is 4.74 Å². The van der Waals surface area contributed by atoms with E-state index in [-0.39, 0.29) is 17.5 Å². The van der Waals surface area contributed by atoms with Gasteiger partial charge in [0.15, 0.2) is 5.03 Å². The van der Waals surface area contributed by atoms with Crippen LogP contribution < -0.4 is 0 Å². The molecule has 1 heterocycles. The highest BCUT2D eigenvalue weighted by atomic mass is 33.1. The van der Waals surface area contributed by atoms with Gasteiger partial charge in [-0.3, -0.25) is 10.1 Å². The number of hydrogen-bond acceptors (Lipinski definition) is 7. The summed E-state index contributed by atoms with van der Waals surface area (Å²) >= 11 is 0. The summed E-state index contributed by atoms with van der Waals surface area (Å²) in [7, 11) is 5.78. The molecule has 0 aliphatic heterocycles. The molecule has 20 heavy (non-hydrogen) atoms. The van der Waals surface area contributed by atoms with Crippen LogP contribution in [0.5, 0.6) is 0 Å². The number of nitrogens with zero attached hydrogens (tertiary/aromatic N) is 3. The van der Waals surface area contributed by atoms with E-state index < -0.39 is 11.0 Å². The van der Waals surface area contributed by atoms with Crippen LogP contribution >= 0.6 is 21.6 Å². The summed E-state index contributed by atoms with van der Waals surface area (Å²) in [6.07, 6.45) is 1.10. The summed E-state index contributed by atoms with van der Waals surface area (Å²) in [5.41, 5.74) is -0.0255. The van der Waals surface area contributed by atoms with Gasteiger partial charge in [-0.15, -0.1) is 0 Å². The molecular formula is C11H15N3O4S2. The summed E-state index contributed by atoms with van der Waals surface area (Å²) in [4.78, 5) is 26.9. The van der Waals surface area contributed by atoms with Crippen LogP contribution in [0.1, 0.15) is 6.92 Å². The Morgan fingerprint density at radius 1 is 1.60 bits per heavy atom. The molecule has 1 rings (SSSR count). The minimum Gasteiger partial charge on any atom is -0.448 e. The maximum atomic E-state index is 11.3. The number of carbonyl (C=O) groups is 1. The molecule has 1 aromatic heterocycles. The maximum absolute atomic E-state index is 11.3. The van der Waals surface area contributed by atoms with Gasteiger partial charge in [0.25, 0.3) is 0 Å². The Bertz CT molecular complexity index is 484. The second-order valence-corrected chi connectivity index (χ2v) is 6.67. The Labute approximate surface area is 124 Å². The van der Waals surface area contributed by atoms with Crippen LogP contribution in [0.4, 0.5) is 10.5 Å². The zero-order valence-electron chi connectivity index (χ0n) is 11.3. The number of ether oxygens (including phenoxy) is 1. The molecule has 1 aromatic rings. The number of rotatable bonds is 6. The summed E-state index contributed by atoms with van der Waals surface area (Å²) in [6.45, 7) is 2.10. The maximum Gasteiger partial charge on any atom is 0.409 e. The lowest BCUT2D eigenvalue weighted by molar-refractivity contribution is -0.388. The van der Waals surface area contributed by atoms with Gasteiger partial charge in [-0.2, -0.15) is 0 Å². The minimum absolute atomic E-state index is 0.00879. The van der Waals surface area contributed by atoms with Gasteiger partial charge in [-0.25, -0.2) is 9.78 Å². The van der Waals surface area contributed by atoms with Crippen molar-refractivity contribution in [3.05, 3.63) is 28.4 Å². The summed E-state index contributed by atoms with van der Waals surface area (Å²) < 4.78 is 5.03. The van der Waals surface area contributed by atoms with Crippen LogP contribution in [0.3, 0.4) is 0 Å². The molecule has 0 spiro atoms. The predicted octanol–water partition coefficient (Wildman–Crippen LogP) is 2.82. The Kier molecular flexibility index (Phi) is 6.59. The molecule has 0 aliphatic carbocycles. The van der Waals surface area contributed by atoms with Gasteiger partial charge in [0.2, 0.25) is 0 Å². The molecule has 0 unspecified atom stereocenters.